The molecule has 3 aliphatic heterocycles. The number of aliphatic hydroxyl groups is 3. The Morgan fingerprint density at radius 1 is 1.16 bits per heavy atom. The minimum absolute atomic E-state index is 0.0224. The van der Waals surface area contributed by atoms with E-state index in [0.717, 1.165) is 7.11 Å². The van der Waals surface area contributed by atoms with E-state index in [1.54, 1.807) is 26.8 Å². The van der Waals surface area contributed by atoms with Gasteiger partial charge < -0.3 is 33.9 Å². The molecule has 3 N–H and O–H groups in total. The lowest BCUT2D eigenvalue weighted by atomic mass is 9.36. The molecule has 2 bridgehead atoms. The highest BCUT2D eigenvalue weighted by Gasteiger charge is 2.92. The maximum atomic E-state index is 14.0. The van der Waals surface area contributed by atoms with E-state index in [9.17, 15) is 29.7 Å². The van der Waals surface area contributed by atoms with Crippen LogP contribution >= 0.6 is 0 Å². The first kappa shape index (κ1) is 25.0. The number of carbonyl (C=O) groups is 3. The molecule has 6 rings (SSSR count). The fourth-order valence-electron chi connectivity index (χ4n) is 9.72. The maximum absolute atomic E-state index is 14.0. The Bertz CT molecular complexity index is 1190. The van der Waals surface area contributed by atoms with Crippen molar-refractivity contribution in [3.8, 4) is 0 Å². The topological polar surface area (TPSA) is 153 Å². The summed E-state index contributed by atoms with van der Waals surface area (Å²) >= 11 is 0. The highest BCUT2D eigenvalue weighted by Crippen LogP contribution is 2.81. The Balaban J connectivity index is 1.56. The van der Waals surface area contributed by atoms with Crippen molar-refractivity contribution in [3.05, 3.63) is 24.2 Å². The number of cyclic esters (lactones) is 1. The van der Waals surface area contributed by atoms with Crippen LogP contribution in [0.25, 0.3) is 0 Å². The van der Waals surface area contributed by atoms with Gasteiger partial charge in [-0.15, -0.1) is 0 Å². The third-order valence-corrected chi connectivity index (χ3v) is 11.0. The van der Waals surface area contributed by atoms with Crippen LogP contribution in [0.4, 0.5) is 0 Å². The fraction of sp³-hybridized carbons (Fsp3) is 0.741. The maximum Gasteiger partial charge on any atom is 0.335 e. The van der Waals surface area contributed by atoms with Gasteiger partial charge in [0, 0.05) is 40.1 Å². The highest BCUT2D eigenvalue weighted by molar-refractivity contribution is 5.96. The number of Topliss-reactive ketones (excluding diaryl/α,β-unsaturated/α-hetero) is 1. The van der Waals surface area contributed by atoms with Gasteiger partial charge in [-0.25, -0.2) is 4.79 Å². The van der Waals surface area contributed by atoms with Crippen LogP contribution in [0.3, 0.4) is 0 Å². The molecule has 5 fully saturated rings. The van der Waals surface area contributed by atoms with Crippen LogP contribution in [-0.2, 0) is 28.6 Å². The standard InChI is InChI=1S/C27H34O10/c1-22(2)18(17(29)20(30)34-5)24(4)14-6-8-23(3)15(10-16(28)36-19(23)13-7-9-35-11-13)25(14)12-26(32,21(22)31)27(24,33)37-25/h7,9,11,14-15,17-19,29,32-33H,6,8,10,12H2,1-5H3. The van der Waals surface area contributed by atoms with Gasteiger partial charge in [0.05, 0.1) is 31.7 Å². The van der Waals surface area contributed by atoms with Crippen LogP contribution < -0.4 is 0 Å². The molecule has 1 aromatic heterocycles. The summed E-state index contributed by atoms with van der Waals surface area (Å²) in [5.41, 5.74) is -6.33. The molecule has 0 radical (unpaired) electrons. The van der Waals surface area contributed by atoms with Gasteiger partial charge in [-0.3, -0.25) is 9.59 Å². The number of carbonyl (C=O) groups excluding carboxylic acids is 3. The predicted molar refractivity (Wildman–Crippen MR) is 123 cm³/mol. The first-order chi connectivity index (χ1) is 17.1. The molecule has 0 amide bonds. The first-order valence-corrected chi connectivity index (χ1v) is 12.8. The van der Waals surface area contributed by atoms with Crippen molar-refractivity contribution < 1.29 is 48.3 Å². The second-order valence-electron chi connectivity index (χ2n) is 12.8. The monoisotopic (exact) mass is 518 g/mol. The van der Waals surface area contributed by atoms with Gasteiger partial charge in [0.15, 0.2) is 17.5 Å². The van der Waals surface area contributed by atoms with Crippen LogP contribution in [0.2, 0.25) is 0 Å². The summed E-state index contributed by atoms with van der Waals surface area (Å²) in [6, 6.07) is 1.74. The third kappa shape index (κ3) is 2.49. The molecule has 2 aliphatic carbocycles. The van der Waals surface area contributed by atoms with E-state index in [4.69, 9.17) is 18.6 Å². The summed E-state index contributed by atoms with van der Waals surface area (Å²) in [4.78, 5) is 39.6. The smallest absolute Gasteiger partial charge is 0.335 e. The number of methoxy groups -OCH3 is 1. The average Bonchev–Trinajstić information content (AvgIpc) is 3.49. The lowest BCUT2D eigenvalue weighted by Crippen LogP contribution is -2.80. The molecular weight excluding hydrogens is 484 g/mol. The number of fused-ring (bicyclic) bond motifs is 2. The molecule has 10 unspecified atom stereocenters. The zero-order chi connectivity index (χ0) is 27.0. The van der Waals surface area contributed by atoms with Crippen LogP contribution in [0.1, 0.15) is 65.0 Å². The van der Waals surface area contributed by atoms with Gasteiger partial charge in [-0.2, -0.15) is 0 Å². The van der Waals surface area contributed by atoms with Crippen molar-refractivity contribution in [2.45, 2.75) is 82.6 Å². The van der Waals surface area contributed by atoms with Crippen LogP contribution in [-0.4, -0.2) is 63.2 Å². The molecule has 37 heavy (non-hydrogen) atoms. The van der Waals surface area contributed by atoms with Crippen molar-refractivity contribution in [1.29, 1.82) is 0 Å². The van der Waals surface area contributed by atoms with Crippen molar-refractivity contribution in [1.82, 2.24) is 0 Å². The zero-order valence-electron chi connectivity index (χ0n) is 21.6. The second-order valence-corrected chi connectivity index (χ2v) is 12.8. The average molecular weight is 519 g/mol. The zero-order valence-corrected chi connectivity index (χ0v) is 21.6. The Labute approximate surface area is 214 Å². The van der Waals surface area contributed by atoms with Gasteiger partial charge in [-0.05, 0) is 24.8 Å². The summed E-state index contributed by atoms with van der Waals surface area (Å²) in [7, 11) is 1.14. The summed E-state index contributed by atoms with van der Waals surface area (Å²) in [6.45, 7) is 6.84. The minimum atomic E-state index is -2.38. The van der Waals surface area contributed by atoms with E-state index in [0.29, 0.717) is 18.4 Å². The lowest BCUT2D eigenvalue weighted by Gasteiger charge is -2.66. The molecule has 3 saturated heterocycles. The van der Waals surface area contributed by atoms with Crippen molar-refractivity contribution in [3.63, 3.8) is 0 Å². The minimum Gasteiger partial charge on any atom is -0.472 e. The molecule has 10 heteroatoms. The normalized spacial score (nSPS) is 50.2. The molecule has 5 aliphatic rings. The number of aliphatic hydroxyl groups excluding tert-OH is 1. The van der Waals surface area contributed by atoms with E-state index in [1.165, 1.54) is 12.5 Å². The van der Waals surface area contributed by atoms with Gasteiger partial charge in [-0.1, -0.05) is 27.7 Å². The molecule has 2 saturated carbocycles. The Kier molecular flexibility index (Phi) is 4.75. The predicted octanol–water partition coefficient (Wildman–Crippen LogP) is 1.66. The van der Waals surface area contributed by atoms with E-state index >= 15 is 0 Å². The first-order valence-electron chi connectivity index (χ1n) is 12.8. The Hall–Kier alpha value is -2.27. The second kappa shape index (κ2) is 7.02. The molecule has 0 aromatic carbocycles. The SMILES string of the molecule is COC(=O)C(O)C1C(C)(C)C(=O)C2(O)CC34OC2(O)C1(C)C3CCC1(C)C(c2ccoc2)OC(=O)CC14. The molecule has 10 nitrogen and oxygen atoms in total. The summed E-state index contributed by atoms with van der Waals surface area (Å²) < 4.78 is 22.5. The van der Waals surface area contributed by atoms with Crippen LogP contribution in [0.15, 0.2) is 23.0 Å². The highest BCUT2D eigenvalue weighted by atomic mass is 16.7. The van der Waals surface area contributed by atoms with Gasteiger partial charge in [0.25, 0.3) is 0 Å². The van der Waals surface area contributed by atoms with E-state index in [2.05, 4.69) is 0 Å². The number of ketones is 1. The lowest BCUT2D eigenvalue weighted by molar-refractivity contribution is -0.328. The number of hydrogen-bond acceptors (Lipinski definition) is 10. The van der Waals surface area contributed by atoms with Crippen molar-refractivity contribution >= 4 is 17.7 Å². The van der Waals surface area contributed by atoms with E-state index in [-0.39, 0.29) is 12.8 Å². The largest absolute Gasteiger partial charge is 0.472 e. The molecule has 10 atom stereocenters. The van der Waals surface area contributed by atoms with E-state index < -0.39 is 80.9 Å². The van der Waals surface area contributed by atoms with Crippen LogP contribution in [0.5, 0.6) is 0 Å². The number of hydrogen-bond donors (Lipinski definition) is 3. The number of ether oxygens (including phenoxy) is 3. The van der Waals surface area contributed by atoms with Gasteiger partial charge in [0.2, 0.25) is 5.79 Å². The van der Waals surface area contributed by atoms with Crippen molar-refractivity contribution in [2.24, 2.45) is 34.0 Å². The molecule has 4 heterocycles. The number of esters is 2. The number of rotatable bonds is 3. The third-order valence-electron chi connectivity index (χ3n) is 11.0. The quantitative estimate of drug-likeness (QED) is 0.504. The van der Waals surface area contributed by atoms with Crippen molar-refractivity contribution in [2.75, 3.05) is 7.11 Å². The molecule has 1 spiro atoms. The molecule has 202 valence electrons. The van der Waals surface area contributed by atoms with Gasteiger partial charge in [0.1, 0.15) is 6.10 Å². The summed E-state index contributed by atoms with van der Waals surface area (Å²) in [5.74, 6) is -6.59. The fourth-order valence-corrected chi connectivity index (χ4v) is 9.72. The number of furan rings is 1. The van der Waals surface area contributed by atoms with Gasteiger partial charge >= 0.3 is 11.9 Å². The summed E-state index contributed by atoms with van der Waals surface area (Å²) in [6.07, 6.45) is 1.51. The molecular formula is C27H34O10. The van der Waals surface area contributed by atoms with E-state index in [1.807, 2.05) is 6.92 Å². The molecule has 1 aromatic rings. The summed E-state index contributed by atoms with van der Waals surface area (Å²) in [5, 5.41) is 35.5. The van der Waals surface area contributed by atoms with Crippen LogP contribution in [0, 0.1) is 34.0 Å². The Morgan fingerprint density at radius 2 is 1.86 bits per heavy atom. The Morgan fingerprint density at radius 3 is 2.49 bits per heavy atom.